The Morgan fingerprint density at radius 2 is 1.12 bits per heavy atom. The van der Waals surface area contributed by atoms with Crippen LogP contribution in [-0.2, 0) is 39.9 Å². The number of H-pyrrole nitrogens is 1. The second-order valence-corrected chi connectivity index (χ2v) is 17.8. The molecule has 3 heterocycles. The molecule has 2 fully saturated rings. The molecule has 0 spiro atoms. The van der Waals surface area contributed by atoms with Crippen LogP contribution in [-0.4, -0.2) is 95.1 Å². The summed E-state index contributed by atoms with van der Waals surface area (Å²) in [6.45, 7) is 20.5. The summed E-state index contributed by atoms with van der Waals surface area (Å²) in [7, 11) is 0. The highest BCUT2D eigenvalue weighted by Gasteiger charge is 2.45. The zero-order chi connectivity index (χ0) is 43.0. The number of fused-ring (bicyclic) bond motifs is 3. The lowest BCUT2D eigenvalue weighted by Crippen LogP contribution is -2.62. The molecule has 2 saturated heterocycles. The number of nitrogens with one attached hydrogen (secondary N) is 8. The summed E-state index contributed by atoms with van der Waals surface area (Å²) >= 11 is 0. The molecule has 0 radical (unpaired) electrons. The first-order chi connectivity index (χ1) is 27.3. The molecule has 0 saturated carbocycles. The number of carbonyl (C=O) groups excluding carboxylic acids is 6. The molecular weight excluding hydrogens is 741 g/mol. The van der Waals surface area contributed by atoms with Crippen molar-refractivity contribution in [1.82, 2.24) is 42.2 Å². The monoisotopic (exact) mass is 809 g/mol. The van der Waals surface area contributed by atoms with Crippen molar-refractivity contribution in [2.75, 3.05) is 0 Å². The lowest BCUT2D eigenvalue weighted by Gasteiger charge is -2.32. The minimum atomic E-state index is -1.15. The highest BCUT2D eigenvalue weighted by molar-refractivity contribution is 5.97. The molecule has 15 nitrogen and oxygen atoms in total. The van der Waals surface area contributed by atoms with Gasteiger partial charge in [0.05, 0.1) is 12.1 Å². The summed E-state index contributed by atoms with van der Waals surface area (Å²) in [6.07, 6.45) is 2.05. The molecule has 1 aromatic carbocycles. The summed E-state index contributed by atoms with van der Waals surface area (Å²) in [5.74, 6) is -4.43. The summed E-state index contributed by atoms with van der Waals surface area (Å²) in [6, 6.07) is 0.929. The third-order valence-electron chi connectivity index (χ3n) is 11.1. The number of hydrogen-bond acceptors (Lipinski definition) is 8. The normalized spacial score (nSPS) is 28.7. The van der Waals surface area contributed by atoms with Crippen LogP contribution in [0.15, 0.2) is 30.5 Å². The lowest BCUT2D eigenvalue weighted by atomic mass is 9.97. The smallest absolute Gasteiger partial charge is 0.243 e. The molecule has 15 heteroatoms. The second-order valence-electron chi connectivity index (χ2n) is 17.8. The fourth-order valence-electron chi connectivity index (χ4n) is 7.70. The highest BCUT2D eigenvalue weighted by Crippen LogP contribution is 2.24. The Bertz CT molecular complexity index is 1760. The van der Waals surface area contributed by atoms with Crippen LogP contribution in [0.5, 0.6) is 0 Å². The molecule has 0 aliphatic carbocycles. The minimum absolute atomic E-state index is 0.0357. The first kappa shape index (κ1) is 46.2. The van der Waals surface area contributed by atoms with E-state index in [1.807, 2.05) is 86.6 Å². The second kappa shape index (κ2) is 20.5. The van der Waals surface area contributed by atoms with Gasteiger partial charge >= 0.3 is 0 Å². The van der Waals surface area contributed by atoms with Crippen LogP contribution < -0.4 is 37.2 Å². The van der Waals surface area contributed by atoms with Gasteiger partial charge in [-0.3, -0.25) is 34.1 Å². The Hall–Kier alpha value is -4.50. The standard InChI is InChI=1S/C43H68N8O7/c1-12-15-31-36-42(57)49-32(22(4)5)39(54)46-30(19-26-20-44-28-17-14-13-16-27(26)28)37(52)45-29(18-21(2)3)38(53)47-33(23(6)7)40(55)48-34(24(8)9)41(56)50-35(25(10)11)43(51-36)58-31/h13-14,16-17,20-25,29-36,43-44,51H,12,15,18-19H2,1-11H3,(H,45,52)(H,46,54)(H,47,53)(H,48,55)(H,49,57)(H,50,56). The van der Waals surface area contributed by atoms with E-state index in [2.05, 4.69) is 42.2 Å². The van der Waals surface area contributed by atoms with Crippen molar-refractivity contribution >= 4 is 46.3 Å². The Morgan fingerprint density at radius 3 is 1.69 bits per heavy atom. The van der Waals surface area contributed by atoms with Gasteiger partial charge in [-0.2, -0.15) is 0 Å². The highest BCUT2D eigenvalue weighted by atomic mass is 16.5. The molecule has 6 amide bonds. The third kappa shape index (κ3) is 11.6. The van der Waals surface area contributed by atoms with Gasteiger partial charge in [-0.15, -0.1) is 0 Å². The Morgan fingerprint density at radius 1 is 0.603 bits per heavy atom. The fraction of sp³-hybridized carbons (Fsp3) is 0.674. The summed E-state index contributed by atoms with van der Waals surface area (Å²) in [5.41, 5.74) is 1.63. The van der Waals surface area contributed by atoms with Crippen molar-refractivity contribution in [1.29, 1.82) is 0 Å². The summed E-state index contributed by atoms with van der Waals surface area (Å²) in [5, 5.41) is 21.8. The van der Waals surface area contributed by atoms with Crippen LogP contribution in [0, 0.1) is 29.6 Å². The van der Waals surface area contributed by atoms with Crippen LogP contribution in [0.3, 0.4) is 0 Å². The lowest BCUT2D eigenvalue weighted by molar-refractivity contribution is -0.136. The van der Waals surface area contributed by atoms with Gasteiger partial charge in [0.1, 0.15) is 42.5 Å². The molecule has 9 atom stereocenters. The Kier molecular flexibility index (Phi) is 16.3. The number of benzene rings is 1. The first-order valence-corrected chi connectivity index (χ1v) is 21.1. The van der Waals surface area contributed by atoms with Gasteiger partial charge < -0.3 is 41.6 Å². The molecule has 2 aromatic rings. The number of amides is 6. The average molecular weight is 809 g/mol. The number of aromatic amines is 1. The molecule has 8 N–H and O–H groups in total. The SMILES string of the molecule is CCCC1OC2NC1C(=O)NC(C(C)C)C(=O)NC(Cc1c[nH]c3ccccc13)C(=O)NC(CC(C)C)C(=O)NC(C(C)C)C(=O)NC(C(C)C)C(=O)NC2C(C)C. The van der Waals surface area contributed by atoms with Crippen molar-refractivity contribution in [2.45, 2.75) is 156 Å². The number of carbonyl (C=O) groups is 6. The van der Waals surface area contributed by atoms with Gasteiger partial charge in [0, 0.05) is 23.5 Å². The molecule has 2 aliphatic rings. The maximum Gasteiger partial charge on any atom is 0.243 e. The number of rotatable bonds is 10. The summed E-state index contributed by atoms with van der Waals surface area (Å²) < 4.78 is 6.45. The number of para-hydroxylation sites is 1. The molecule has 58 heavy (non-hydrogen) atoms. The maximum atomic E-state index is 14.4. The van der Waals surface area contributed by atoms with E-state index in [0.717, 1.165) is 16.5 Å². The minimum Gasteiger partial charge on any atom is -0.361 e. The van der Waals surface area contributed by atoms with Crippen molar-refractivity contribution < 1.29 is 33.5 Å². The topological polar surface area (TPSA) is 212 Å². The Balaban J connectivity index is 1.80. The third-order valence-corrected chi connectivity index (χ3v) is 11.1. The van der Waals surface area contributed by atoms with Crippen LogP contribution >= 0.6 is 0 Å². The van der Waals surface area contributed by atoms with E-state index < -0.39 is 90.1 Å². The molecule has 322 valence electrons. The van der Waals surface area contributed by atoms with Crippen molar-refractivity contribution in [3.63, 3.8) is 0 Å². The number of ether oxygens (including phenoxy) is 1. The van der Waals surface area contributed by atoms with Gasteiger partial charge in [0.2, 0.25) is 35.4 Å². The predicted octanol–water partition coefficient (Wildman–Crippen LogP) is 2.79. The van der Waals surface area contributed by atoms with Gasteiger partial charge in [0.15, 0.2) is 0 Å². The molecule has 4 rings (SSSR count). The first-order valence-electron chi connectivity index (χ1n) is 21.1. The van der Waals surface area contributed by atoms with E-state index in [9.17, 15) is 28.8 Å². The average Bonchev–Trinajstić information content (AvgIpc) is 3.76. The quantitative estimate of drug-likeness (QED) is 0.179. The number of aromatic nitrogens is 1. The van der Waals surface area contributed by atoms with E-state index >= 15 is 0 Å². The molecule has 2 aliphatic heterocycles. The van der Waals surface area contributed by atoms with Crippen molar-refractivity contribution in [3.05, 3.63) is 36.0 Å². The van der Waals surface area contributed by atoms with E-state index in [-0.39, 0.29) is 42.4 Å². The van der Waals surface area contributed by atoms with E-state index in [0.29, 0.717) is 12.8 Å². The van der Waals surface area contributed by atoms with Crippen molar-refractivity contribution in [3.8, 4) is 0 Å². The van der Waals surface area contributed by atoms with Gasteiger partial charge in [-0.05, 0) is 54.1 Å². The zero-order valence-electron chi connectivity index (χ0n) is 36.2. The fourth-order valence-corrected chi connectivity index (χ4v) is 7.70. The number of hydrogen-bond donors (Lipinski definition) is 8. The van der Waals surface area contributed by atoms with Crippen LogP contribution in [0.25, 0.3) is 10.9 Å². The van der Waals surface area contributed by atoms with Crippen LogP contribution in [0.1, 0.15) is 101 Å². The van der Waals surface area contributed by atoms with Gasteiger partial charge in [0.25, 0.3) is 0 Å². The van der Waals surface area contributed by atoms with E-state index in [1.54, 1.807) is 20.0 Å². The predicted molar refractivity (Wildman–Crippen MR) is 223 cm³/mol. The molecular formula is C43H68N8O7. The largest absolute Gasteiger partial charge is 0.361 e. The molecule has 9 unspecified atom stereocenters. The maximum absolute atomic E-state index is 14.4. The van der Waals surface area contributed by atoms with Gasteiger partial charge in [-0.25, -0.2) is 0 Å². The van der Waals surface area contributed by atoms with E-state index in [4.69, 9.17) is 4.74 Å². The molecule has 2 bridgehead atoms. The van der Waals surface area contributed by atoms with Crippen LogP contribution in [0.4, 0.5) is 0 Å². The van der Waals surface area contributed by atoms with Gasteiger partial charge in [-0.1, -0.05) is 101 Å². The van der Waals surface area contributed by atoms with Crippen LogP contribution in [0.2, 0.25) is 0 Å². The summed E-state index contributed by atoms with van der Waals surface area (Å²) in [4.78, 5) is 88.2. The van der Waals surface area contributed by atoms with E-state index in [1.165, 1.54) is 0 Å². The molecule has 1 aromatic heterocycles. The van der Waals surface area contributed by atoms with Crippen molar-refractivity contribution in [2.24, 2.45) is 29.6 Å². The zero-order valence-corrected chi connectivity index (χ0v) is 36.2. The Labute approximate surface area is 343 Å².